The molecule has 3 rings (SSSR count). The first-order valence-electron chi connectivity index (χ1n) is 8.50. The molecule has 148 valence electrons. The highest BCUT2D eigenvalue weighted by molar-refractivity contribution is 5.83. The minimum absolute atomic E-state index is 0.173. The van der Waals surface area contributed by atoms with Gasteiger partial charge in [-0.05, 0) is 24.6 Å². The van der Waals surface area contributed by atoms with E-state index in [1.807, 2.05) is 0 Å². The Morgan fingerprint density at radius 2 is 2.07 bits per heavy atom. The van der Waals surface area contributed by atoms with Gasteiger partial charge in [0.15, 0.2) is 0 Å². The summed E-state index contributed by atoms with van der Waals surface area (Å²) in [6.45, 7) is 0.318. The number of alkyl halides is 4. The van der Waals surface area contributed by atoms with Crippen molar-refractivity contribution in [3.8, 4) is 0 Å². The molecule has 2 N–H and O–H groups in total. The Morgan fingerprint density at radius 3 is 2.67 bits per heavy atom. The molecule has 0 unspecified atom stereocenters. The molecule has 0 bridgehead atoms. The number of aromatic nitrogens is 2. The second-order valence-corrected chi connectivity index (χ2v) is 6.90. The second-order valence-electron chi connectivity index (χ2n) is 6.90. The van der Waals surface area contributed by atoms with Crippen LogP contribution in [0.1, 0.15) is 12.0 Å². The number of hydrogen-bond donors (Lipinski definition) is 1. The number of benzene rings is 1. The van der Waals surface area contributed by atoms with E-state index in [2.05, 4.69) is 4.98 Å². The average Bonchev–Trinajstić information content (AvgIpc) is 2.94. The van der Waals surface area contributed by atoms with Gasteiger partial charge in [0.2, 0.25) is 11.9 Å². The fourth-order valence-corrected chi connectivity index (χ4v) is 3.10. The molecule has 27 heavy (non-hydrogen) atoms. The lowest BCUT2D eigenvalue weighted by atomic mass is 10.1. The number of amides is 1. The average molecular weight is 387 g/mol. The van der Waals surface area contributed by atoms with E-state index in [0.29, 0.717) is 18.0 Å². The Hall–Kier alpha value is -2.36. The molecule has 1 aliphatic rings. The van der Waals surface area contributed by atoms with Gasteiger partial charge in [-0.1, -0.05) is 0 Å². The van der Waals surface area contributed by atoms with Crippen molar-refractivity contribution in [1.29, 1.82) is 0 Å². The quantitative estimate of drug-likeness (QED) is 0.819. The van der Waals surface area contributed by atoms with Crippen molar-refractivity contribution >= 4 is 22.9 Å². The summed E-state index contributed by atoms with van der Waals surface area (Å²) in [5, 5.41) is 0. The van der Waals surface area contributed by atoms with Crippen LogP contribution in [0.25, 0.3) is 11.0 Å². The second kappa shape index (κ2) is 6.99. The van der Waals surface area contributed by atoms with Gasteiger partial charge in [0.1, 0.15) is 12.7 Å². The first-order chi connectivity index (χ1) is 12.6. The van der Waals surface area contributed by atoms with Crippen molar-refractivity contribution in [2.24, 2.45) is 5.73 Å². The van der Waals surface area contributed by atoms with Crippen LogP contribution in [0.4, 0.5) is 23.5 Å². The monoisotopic (exact) mass is 387 g/mol. The van der Waals surface area contributed by atoms with Gasteiger partial charge in [-0.2, -0.15) is 13.2 Å². The first kappa shape index (κ1) is 19.4. The molecule has 1 aliphatic heterocycles. The fourth-order valence-electron chi connectivity index (χ4n) is 3.10. The van der Waals surface area contributed by atoms with Gasteiger partial charge in [-0.15, -0.1) is 0 Å². The predicted octanol–water partition coefficient (Wildman–Crippen LogP) is 2.02. The summed E-state index contributed by atoms with van der Waals surface area (Å²) in [5.41, 5.74) is 5.52. The minimum atomic E-state index is -4.51. The molecule has 10 heteroatoms. The van der Waals surface area contributed by atoms with E-state index in [9.17, 15) is 22.4 Å². The van der Waals surface area contributed by atoms with Crippen LogP contribution in [0.15, 0.2) is 18.2 Å². The molecule has 2 heterocycles. The smallest absolute Gasteiger partial charge is 0.347 e. The summed E-state index contributed by atoms with van der Waals surface area (Å²) in [6, 6.07) is 2.50. The molecule has 1 amide bonds. The number of fused-ring (bicyclic) bond motifs is 1. The molecule has 0 saturated carbocycles. The number of likely N-dealkylation sites (N-methyl/N-ethyl adjacent to an activating group) is 1. The number of rotatable bonds is 3. The number of anilines is 1. The zero-order valence-electron chi connectivity index (χ0n) is 15.0. The Labute approximate surface area is 153 Å². The third-order valence-electron chi connectivity index (χ3n) is 4.70. The summed E-state index contributed by atoms with van der Waals surface area (Å²) in [7, 11) is 3.12. The number of nitrogens with zero attached hydrogens (tertiary/aromatic N) is 4. The van der Waals surface area contributed by atoms with Gasteiger partial charge in [-0.25, -0.2) is 9.37 Å². The molecule has 1 aromatic heterocycles. The molecule has 1 aromatic carbocycles. The molecule has 6 nitrogen and oxygen atoms in total. The number of halogens is 4. The Kier molecular flexibility index (Phi) is 5.02. The molecular formula is C17H21F4N5O. The number of hydrogen-bond acceptors (Lipinski definition) is 4. The van der Waals surface area contributed by atoms with Gasteiger partial charge < -0.3 is 20.1 Å². The highest BCUT2D eigenvalue weighted by Gasteiger charge is 2.33. The normalized spacial score (nSPS) is 20.9. The molecule has 1 fully saturated rings. The third kappa shape index (κ3) is 3.85. The summed E-state index contributed by atoms with van der Waals surface area (Å²) in [5.74, 6) is 0.0273. The van der Waals surface area contributed by atoms with E-state index in [4.69, 9.17) is 5.73 Å². The number of nitrogens with two attached hydrogens (primary N) is 1. The highest BCUT2D eigenvalue weighted by atomic mass is 19.4. The van der Waals surface area contributed by atoms with Crippen LogP contribution in [-0.2, 0) is 17.5 Å². The Morgan fingerprint density at radius 1 is 1.37 bits per heavy atom. The van der Waals surface area contributed by atoms with Gasteiger partial charge in [0, 0.05) is 27.2 Å². The van der Waals surface area contributed by atoms with Crippen LogP contribution in [-0.4, -0.2) is 59.8 Å². The van der Waals surface area contributed by atoms with Crippen molar-refractivity contribution in [3.63, 3.8) is 0 Å². The topological polar surface area (TPSA) is 67.4 Å². The number of piperidine rings is 1. The fraction of sp³-hybridized carbons (Fsp3) is 0.529. The lowest BCUT2D eigenvalue weighted by Gasteiger charge is -2.34. The van der Waals surface area contributed by atoms with Crippen molar-refractivity contribution < 1.29 is 22.4 Å². The largest absolute Gasteiger partial charge is 0.416 e. The van der Waals surface area contributed by atoms with E-state index >= 15 is 0 Å². The molecule has 1 saturated heterocycles. The predicted molar refractivity (Wildman–Crippen MR) is 93.1 cm³/mol. The van der Waals surface area contributed by atoms with E-state index in [1.165, 1.54) is 15.5 Å². The van der Waals surface area contributed by atoms with Crippen LogP contribution < -0.4 is 10.6 Å². The van der Waals surface area contributed by atoms with Gasteiger partial charge in [-0.3, -0.25) is 4.79 Å². The van der Waals surface area contributed by atoms with Crippen LogP contribution >= 0.6 is 0 Å². The first-order valence-corrected chi connectivity index (χ1v) is 8.50. The van der Waals surface area contributed by atoms with E-state index in [0.717, 1.165) is 12.1 Å². The molecule has 2 aromatic rings. The van der Waals surface area contributed by atoms with Gasteiger partial charge >= 0.3 is 6.18 Å². The molecule has 0 radical (unpaired) electrons. The van der Waals surface area contributed by atoms with Crippen molar-refractivity contribution in [2.45, 2.75) is 31.4 Å². The van der Waals surface area contributed by atoms with E-state index in [1.54, 1.807) is 19.0 Å². The van der Waals surface area contributed by atoms with Crippen LogP contribution in [0.2, 0.25) is 0 Å². The standard InChI is InChI=1S/C17H21F4N5O/c1-24(2)15(27)9-26-14-7-10(17(19,20)21)3-4-13(14)23-16(26)25-6-5-11(18)12(22)8-25/h3-4,7,11-12H,5-6,8-9,22H2,1-2H3/t11-,12-/m1/s1. The SMILES string of the molecule is CN(C)C(=O)Cn1c(N2CC[C@@H](F)[C@H](N)C2)nc2ccc(C(F)(F)F)cc21. The highest BCUT2D eigenvalue weighted by Crippen LogP contribution is 2.33. The molecule has 2 atom stereocenters. The summed E-state index contributed by atoms with van der Waals surface area (Å²) >= 11 is 0. The Bertz CT molecular complexity index is 848. The third-order valence-corrected chi connectivity index (χ3v) is 4.70. The number of imidazole rings is 1. The van der Waals surface area contributed by atoms with Crippen LogP contribution in [0.3, 0.4) is 0 Å². The van der Waals surface area contributed by atoms with Crippen molar-refractivity contribution in [1.82, 2.24) is 14.5 Å². The van der Waals surface area contributed by atoms with Crippen LogP contribution in [0.5, 0.6) is 0 Å². The van der Waals surface area contributed by atoms with Crippen molar-refractivity contribution in [2.75, 3.05) is 32.1 Å². The Balaban J connectivity index is 2.09. The minimum Gasteiger partial charge on any atom is -0.347 e. The summed E-state index contributed by atoms with van der Waals surface area (Å²) in [4.78, 5) is 19.7. The lowest BCUT2D eigenvalue weighted by molar-refractivity contribution is -0.137. The number of carbonyl (C=O) groups excluding carboxylic acids is 1. The number of carbonyl (C=O) groups is 1. The zero-order chi connectivity index (χ0) is 19.9. The molecular weight excluding hydrogens is 366 g/mol. The lowest BCUT2D eigenvalue weighted by Crippen LogP contribution is -2.50. The maximum absolute atomic E-state index is 13.7. The van der Waals surface area contributed by atoms with Gasteiger partial charge in [0.05, 0.1) is 22.6 Å². The van der Waals surface area contributed by atoms with Crippen molar-refractivity contribution in [3.05, 3.63) is 23.8 Å². The summed E-state index contributed by atoms with van der Waals surface area (Å²) in [6.07, 6.45) is -5.46. The maximum Gasteiger partial charge on any atom is 0.416 e. The maximum atomic E-state index is 13.7. The van der Waals surface area contributed by atoms with E-state index < -0.39 is 24.0 Å². The molecule has 0 aliphatic carbocycles. The summed E-state index contributed by atoms with van der Waals surface area (Å²) < 4.78 is 54.5. The van der Waals surface area contributed by atoms with E-state index in [-0.39, 0.29) is 30.9 Å². The zero-order valence-corrected chi connectivity index (χ0v) is 15.0. The van der Waals surface area contributed by atoms with Crippen LogP contribution in [0, 0.1) is 0 Å². The molecule has 0 spiro atoms. The van der Waals surface area contributed by atoms with Gasteiger partial charge in [0.25, 0.3) is 0 Å².